The molecule has 0 unspecified atom stereocenters. The minimum Gasteiger partial charge on any atom is -0.492 e. The van der Waals surface area contributed by atoms with E-state index < -0.39 is 24.4 Å². The summed E-state index contributed by atoms with van der Waals surface area (Å²) < 4.78 is 44.3. The van der Waals surface area contributed by atoms with Gasteiger partial charge in [0, 0.05) is 23.1 Å². The number of halogens is 1. The Morgan fingerprint density at radius 2 is 1.88 bits per heavy atom. The topological polar surface area (TPSA) is 63.2 Å². The van der Waals surface area contributed by atoms with Gasteiger partial charge in [-0.25, -0.2) is 4.39 Å². The van der Waals surface area contributed by atoms with E-state index in [9.17, 15) is 4.79 Å². The molecule has 3 aliphatic rings. The Bertz CT molecular complexity index is 1110. The Morgan fingerprint density at radius 3 is 2.59 bits per heavy atom. The SMILES string of the molecule is COC(=O)C[C@@H]1COc2cc(O[C@H]3CCc4c(B5OC(C)(C)C(C)(C)O5)ccc(F)c43)ccc21. The minimum absolute atomic E-state index is 0.0383. The highest BCUT2D eigenvalue weighted by Gasteiger charge is 2.52. The average Bonchev–Trinajstić information content (AvgIpc) is 3.43. The van der Waals surface area contributed by atoms with E-state index in [-0.39, 0.29) is 24.1 Å². The average molecular weight is 468 g/mol. The highest BCUT2D eigenvalue weighted by Crippen LogP contribution is 2.42. The second-order valence-corrected chi connectivity index (χ2v) is 10.3. The highest BCUT2D eigenvalue weighted by atomic mass is 19.1. The number of carbonyl (C=O) groups excluding carboxylic acids is 1. The highest BCUT2D eigenvalue weighted by molar-refractivity contribution is 6.62. The Morgan fingerprint density at radius 1 is 1.15 bits per heavy atom. The van der Waals surface area contributed by atoms with Gasteiger partial charge in [0.05, 0.1) is 31.3 Å². The zero-order valence-corrected chi connectivity index (χ0v) is 20.3. The molecule has 180 valence electrons. The fourth-order valence-corrected chi connectivity index (χ4v) is 4.96. The molecule has 2 atom stereocenters. The van der Waals surface area contributed by atoms with Crippen LogP contribution < -0.4 is 14.9 Å². The maximum atomic E-state index is 15.0. The van der Waals surface area contributed by atoms with Gasteiger partial charge in [0.1, 0.15) is 23.4 Å². The van der Waals surface area contributed by atoms with Crippen LogP contribution in [0, 0.1) is 5.82 Å². The number of hydrogen-bond acceptors (Lipinski definition) is 6. The quantitative estimate of drug-likeness (QED) is 0.484. The van der Waals surface area contributed by atoms with Crippen molar-refractivity contribution in [3.63, 3.8) is 0 Å². The second-order valence-electron chi connectivity index (χ2n) is 10.3. The molecule has 0 spiro atoms. The van der Waals surface area contributed by atoms with Gasteiger partial charge in [-0.1, -0.05) is 12.1 Å². The fourth-order valence-electron chi connectivity index (χ4n) is 4.96. The lowest BCUT2D eigenvalue weighted by Gasteiger charge is -2.32. The molecule has 6 nitrogen and oxygen atoms in total. The molecule has 0 N–H and O–H groups in total. The van der Waals surface area contributed by atoms with Gasteiger partial charge in [-0.15, -0.1) is 0 Å². The van der Waals surface area contributed by atoms with E-state index in [2.05, 4.69) is 0 Å². The van der Waals surface area contributed by atoms with Crippen LogP contribution in [0.25, 0.3) is 0 Å². The van der Waals surface area contributed by atoms with Crippen molar-refractivity contribution < 1.29 is 32.7 Å². The molecule has 2 aliphatic heterocycles. The summed E-state index contributed by atoms with van der Waals surface area (Å²) in [5.74, 6) is 0.710. The maximum absolute atomic E-state index is 15.0. The molecule has 1 saturated heterocycles. The molecule has 2 aromatic rings. The molecule has 0 aromatic heterocycles. The summed E-state index contributed by atoms with van der Waals surface area (Å²) >= 11 is 0. The first-order chi connectivity index (χ1) is 16.1. The van der Waals surface area contributed by atoms with Crippen molar-refractivity contribution in [1.82, 2.24) is 0 Å². The first-order valence-corrected chi connectivity index (χ1v) is 11.8. The Kier molecular flexibility index (Phi) is 5.64. The van der Waals surface area contributed by atoms with Crippen LogP contribution in [-0.2, 0) is 25.3 Å². The van der Waals surface area contributed by atoms with E-state index in [0.29, 0.717) is 36.5 Å². The van der Waals surface area contributed by atoms with Crippen LogP contribution in [-0.4, -0.2) is 38.0 Å². The Labute approximate surface area is 199 Å². The van der Waals surface area contributed by atoms with Gasteiger partial charge in [0.25, 0.3) is 0 Å². The van der Waals surface area contributed by atoms with Crippen molar-refractivity contribution in [2.45, 2.75) is 70.2 Å². The molecular formula is C26H30BFO6. The van der Waals surface area contributed by atoms with Gasteiger partial charge in [0.15, 0.2) is 0 Å². The smallest absolute Gasteiger partial charge is 0.492 e. The van der Waals surface area contributed by atoms with Crippen LogP contribution in [0.3, 0.4) is 0 Å². The normalized spacial score (nSPS) is 23.9. The Balaban J connectivity index is 1.37. The summed E-state index contributed by atoms with van der Waals surface area (Å²) in [6.45, 7) is 8.46. The van der Waals surface area contributed by atoms with E-state index >= 15 is 4.39 Å². The van der Waals surface area contributed by atoms with Gasteiger partial charge in [0.2, 0.25) is 0 Å². The standard InChI is InChI=1S/C26H30BFO6/c1-25(2)26(3,4)34-27(33-25)19-9-10-20(28)24-18(19)8-11-21(24)32-16-6-7-17-15(12-23(29)30-5)14-31-22(17)13-16/h6-7,9-10,13,15,21H,8,11-12,14H2,1-5H3/t15-,21+/m1/s1. The summed E-state index contributed by atoms with van der Waals surface area (Å²) in [6.07, 6.45) is 1.20. The van der Waals surface area contributed by atoms with E-state index in [1.54, 1.807) is 6.07 Å². The largest absolute Gasteiger partial charge is 0.495 e. The number of rotatable bonds is 5. The number of hydrogen-bond donors (Lipinski definition) is 0. The van der Waals surface area contributed by atoms with Crippen LogP contribution in [0.4, 0.5) is 4.39 Å². The van der Waals surface area contributed by atoms with Crippen molar-refractivity contribution in [2.24, 2.45) is 0 Å². The predicted octanol–water partition coefficient (Wildman–Crippen LogP) is 4.23. The third-order valence-electron chi connectivity index (χ3n) is 7.61. The lowest BCUT2D eigenvalue weighted by Crippen LogP contribution is -2.41. The summed E-state index contributed by atoms with van der Waals surface area (Å²) in [5.41, 5.74) is 2.35. The summed E-state index contributed by atoms with van der Waals surface area (Å²) in [5, 5.41) is 0. The van der Waals surface area contributed by atoms with Gasteiger partial charge >= 0.3 is 13.1 Å². The van der Waals surface area contributed by atoms with Crippen LogP contribution in [0.1, 0.15) is 69.2 Å². The van der Waals surface area contributed by atoms with Gasteiger partial charge < -0.3 is 23.5 Å². The van der Waals surface area contributed by atoms with Gasteiger partial charge in [-0.05, 0) is 63.7 Å². The molecule has 34 heavy (non-hydrogen) atoms. The van der Waals surface area contributed by atoms with Crippen molar-refractivity contribution in [2.75, 3.05) is 13.7 Å². The van der Waals surface area contributed by atoms with Crippen LogP contribution in [0.2, 0.25) is 0 Å². The van der Waals surface area contributed by atoms with Crippen molar-refractivity contribution in [1.29, 1.82) is 0 Å². The number of ether oxygens (including phenoxy) is 3. The van der Waals surface area contributed by atoms with E-state index in [0.717, 1.165) is 16.6 Å². The predicted molar refractivity (Wildman–Crippen MR) is 125 cm³/mol. The molecule has 8 heteroatoms. The molecule has 2 heterocycles. The monoisotopic (exact) mass is 468 g/mol. The van der Waals surface area contributed by atoms with Crippen molar-refractivity contribution in [3.05, 3.63) is 52.8 Å². The third-order valence-corrected chi connectivity index (χ3v) is 7.61. The van der Waals surface area contributed by atoms with E-state index in [1.165, 1.54) is 13.2 Å². The molecule has 1 fully saturated rings. The molecule has 5 rings (SSSR count). The molecule has 0 bridgehead atoms. The van der Waals surface area contributed by atoms with E-state index in [4.69, 9.17) is 23.5 Å². The van der Waals surface area contributed by atoms with Crippen molar-refractivity contribution in [3.8, 4) is 11.5 Å². The Hall–Kier alpha value is -2.58. The molecule has 0 saturated carbocycles. The lowest BCUT2D eigenvalue weighted by molar-refractivity contribution is -0.141. The van der Waals surface area contributed by atoms with Crippen LogP contribution >= 0.6 is 0 Å². The van der Waals surface area contributed by atoms with Gasteiger partial charge in [-0.2, -0.15) is 0 Å². The lowest BCUT2D eigenvalue weighted by atomic mass is 9.75. The third kappa shape index (κ3) is 3.87. The molecule has 0 amide bonds. The van der Waals surface area contributed by atoms with E-state index in [1.807, 2.05) is 45.9 Å². The zero-order valence-electron chi connectivity index (χ0n) is 20.3. The molecule has 0 radical (unpaired) electrons. The molecule has 2 aromatic carbocycles. The number of methoxy groups -OCH3 is 1. The van der Waals surface area contributed by atoms with Crippen molar-refractivity contribution >= 4 is 18.6 Å². The fraction of sp³-hybridized carbons (Fsp3) is 0.500. The maximum Gasteiger partial charge on any atom is 0.495 e. The first kappa shape index (κ1) is 23.2. The second kappa shape index (κ2) is 8.27. The van der Waals surface area contributed by atoms with Gasteiger partial charge in [-0.3, -0.25) is 4.79 Å². The minimum atomic E-state index is -0.543. The number of esters is 1. The molecular weight excluding hydrogens is 438 g/mol. The van der Waals surface area contributed by atoms with Crippen LogP contribution in [0.5, 0.6) is 11.5 Å². The number of benzene rings is 2. The molecule has 1 aliphatic carbocycles. The summed E-state index contributed by atoms with van der Waals surface area (Å²) in [4.78, 5) is 11.7. The summed E-state index contributed by atoms with van der Waals surface area (Å²) in [6, 6.07) is 8.83. The van der Waals surface area contributed by atoms with Crippen LogP contribution in [0.15, 0.2) is 30.3 Å². The number of fused-ring (bicyclic) bond motifs is 2. The zero-order chi connectivity index (χ0) is 24.3. The first-order valence-electron chi connectivity index (χ1n) is 11.8. The summed E-state index contributed by atoms with van der Waals surface area (Å²) in [7, 11) is 0.838. The number of carbonyl (C=O) groups is 1.